The molecule has 0 saturated heterocycles. The maximum absolute atomic E-state index is 12.0. The van der Waals surface area contributed by atoms with Crippen molar-refractivity contribution >= 4 is 23.3 Å². The number of aromatic nitrogens is 1. The Balaban J connectivity index is 1.87. The SMILES string of the molecule is CN(C)CCNC(=O)c1ccc(NCc2ccccc2Cl)nc1. The lowest BCUT2D eigenvalue weighted by atomic mass is 10.2. The van der Waals surface area contributed by atoms with Crippen LogP contribution in [0.4, 0.5) is 5.82 Å². The van der Waals surface area contributed by atoms with E-state index in [0.717, 1.165) is 17.1 Å². The average Bonchev–Trinajstić information content (AvgIpc) is 2.54. The van der Waals surface area contributed by atoms with Crippen molar-refractivity contribution in [2.45, 2.75) is 6.54 Å². The lowest BCUT2D eigenvalue weighted by Gasteiger charge is -2.11. The number of likely N-dealkylation sites (N-methyl/N-ethyl adjacent to an activating group) is 1. The second-order valence-corrected chi connectivity index (χ2v) is 5.84. The number of hydrogen-bond acceptors (Lipinski definition) is 4. The summed E-state index contributed by atoms with van der Waals surface area (Å²) in [6, 6.07) is 11.2. The summed E-state index contributed by atoms with van der Waals surface area (Å²) in [4.78, 5) is 18.2. The smallest absolute Gasteiger partial charge is 0.252 e. The zero-order valence-electron chi connectivity index (χ0n) is 13.3. The standard InChI is InChI=1S/C17H21ClN4O/c1-22(2)10-9-19-17(23)14-7-8-16(21-12-14)20-11-13-5-3-4-6-15(13)18/h3-8,12H,9-11H2,1-2H3,(H,19,23)(H,20,21). The lowest BCUT2D eigenvalue weighted by molar-refractivity contribution is 0.0950. The summed E-state index contributed by atoms with van der Waals surface area (Å²) in [5, 5.41) is 6.77. The minimum atomic E-state index is -0.114. The monoisotopic (exact) mass is 332 g/mol. The summed E-state index contributed by atoms with van der Waals surface area (Å²) in [7, 11) is 3.93. The number of nitrogens with one attached hydrogen (secondary N) is 2. The maximum Gasteiger partial charge on any atom is 0.252 e. The molecular weight excluding hydrogens is 312 g/mol. The third-order valence-electron chi connectivity index (χ3n) is 3.29. The van der Waals surface area contributed by atoms with Crippen LogP contribution in [0.3, 0.4) is 0 Å². The number of nitrogens with zero attached hydrogens (tertiary/aromatic N) is 2. The normalized spacial score (nSPS) is 10.6. The van der Waals surface area contributed by atoms with Crippen LogP contribution in [0.2, 0.25) is 5.02 Å². The van der Waals surface area contributed by atoms with Crippen LogP contribution in [0.5, 0.6) is 0 Å². The highest BCUT2D eigenvalue weighted by Crippen LogP contribution is 2.16. The number of benzene rings is 1. The van der Waals surface area contributed by atoms with Crippen LogP contribution in [0.1, 0.15) is 15.9 Å². The Kier molecular flexibility index (Phi) is 6.38. The Morgan fingerprint density at radius 3 is 2.65 bits per heavy atom. The molecule has 0 atom stereocenters. The van der Waals surface area contributed by atoms with Crippen LogP contribution < -0.4 is 10.6 Å². The predicted octanol–water partition coefficient (Wildman–Crippen LogP) is 2.64. The molecule has 0 saturated carbocycles. The quantitative estimate of drug-likeness (QED) is 0.818. The molecule has 0 aliphatic carbocycles. The zero-order chi connectivity index (χ0) is 16.7. The van der Waals surface area contributed by atoms with E-state index < -0.39 is 0 Å². The van der Waals surface area contributed by atoms with Gasteiger partial charge in [0.1, 0.15) is 5.82 Å². The van der Waals surface area contributed by atoms with Crippen molar-refractivity contribution in [3.63, 3.8) is 0 Å². The van der Waals surface area contributed by atoms with Gasteiger partial charge in [0.2, 0.25) is 0 Å². The Hall–Kier alpha value is -2.11. The van der Waals surface area contributed by atoms with Crippen molar-refractivity contribution in [3.8, 4) is 0 Å². The van der Waals surface area contributed by atoms with Gasteiger partial charge in [0.25, 0.3) is 5.91 Å². The highest BCUT2D eigenvalue weighted by atomic mass is 35.5. The van der Waals surface area contributed by atoms with E-state index in [9.17, 15) is 4.79 Å². The molecule has 6 heteroatoms. The van der Waals surface area contributed by atoms with E-state index in [0.29, 0.717) is 24.5 Å². The van der Waals surface area contributed by atoms with E-state index in [1.807, 2.05) is 43.3 Å². The molecule has 2 N–H and O–H groups in total. The first-order valence-corrected chi connectivity index (χ1v) is 7.80. The molecule has 1 heterocycles. The molecule has 0 spiro atoms. The highest BCUT2D eigenvalue weighted by Gasteiger charge is 2.06. The number of anilines is 1. The largest absolute Gasteiger partial charge is 0.366 e. The van der Waals surface area contributed by atoms with Gasteiger partial charge in [-0.05, 0) is 37.9 Å². The third-order valence-corrected chi connectivity index (χ3v) is 3.66. The summed E-state index contributed by atoms with van der Waals surface area (Å²) in [5.41, 5.74) is 1.55. The fourth-order valence-corrected chi connectivity index (χ4v) is 2.16. The summed E-state index contributed by atoms with van der Waals surface area (Å²) in [6.45, 7) is 2.00. The van der Waals surface area contributed by atoms with Crippen LogP contribution in [0, 0.1) is 0 Å². The zero-order valence-corrected chi connectivity index (χ0v) is 14.1. The van der Waals surface area contributed by atoms with Gasteiger partial charge in [-0.15, -0.1) is 0 Å². The fourth-order valence-electron chi connectivity index (χ4n) is 1.96. The second kappa shape index (κ2) is 8.50. The van der Waals surface area contributed by atoms with Gasteiger partial charge in [0, 0.05) is 30.9 Å². The number of amides is 1. The number of pyridine rings is 1. The van der Waals surface area contributed by atoms with Gasteiger partial charge < -0.3 is 15.5 Å². The second-order valence-electron chi connectivity index (χ2n) is 5.44. The fraction of sp³-hybridized carbons (Fsp3) is 0.294. The molecule has 0 unspecified atom stereocenters. The number of rotatable bonds is 7. The van der Waals surface area contributed by atoms with Crippen molar-refractivity contribution in [1.29, 1.82) is 0 Å². The van der Waals surface area contributed by atoms with Crippen molar-refractivity contribution in [2.75, 3.05) is 32.5 Å². The lowest BCUT2D eigenvalue weighted by Crippen LogP contribution is -2.31. The number of hydrogen-bond donors (Lipinski definition) is 2. The Morgan fingerprint density at radius 2 is 2.00 bits per heavy atom. The molecule has 1 amide bonds. The predicted molar refractivity (Wildman–Crippen MR) is 93.9 cm³/mol. The number of halogens is 1. The Morgan fingerprint density at radius 1 is 1.22 bits per heavy atom. The first kappa shape index (κ1) is 17.2. The molecule has 2 rings (SSSR count). The van der Waals surface area contributed by atoms with Crippen molar-refractivity contribution < 1.29 is 4.79 Å². The van der Waals surface area contributed by atoms with E-state index in [2.05, 4.69) is 15.6 Å². The minimum Gasteiger partial charge on any atom is -0.366 e. The van der Waals surface area contributed by atoms with Gasteiger partial charge in [-0.3, -0.25) is 4.79 Å². The maximum atomic E-state index is 12.0. The molecule has 0 radical (unpaired) electrons. The molecule has 122 valence electrons. The van der Waals surface area contributed by atoms with E-state index >= 15 is 0 Å². The van der Waals surface area contributed by atoms with Gasteiger partial charge in [0.15, 0.2) is 0 Å². The third kappa shape index (κ3) is 5.54. The van der Waals surface area contributed by atoms with Crippen LogP contribution in [0.25, 0.3) is 0 Å². The molecule has 0 aliphatic rings. The molecule has 23 heavy (non-hydrogen) atoms. The summed E-state index contributed by atoms with van der Waals surface area (Å²) in [5.74, 6) is 0.590. The van der Waals surface area contributed by atoms with Crippen LogP contribution in [-0.4, -0.2) is 43.0 Å². The molecule has 5 nitrogen and oxygen atoms in total. The van der Waals surface area contributed by atoms with E-state index in [1.54, 1.807) is 18.3 Å². The molecule has 2 aromatic rings. The number of carbonyl (C=O) groups excluding carboxylic acids is 1. The Bertz CT molecular complexity index is 643. The van der Waals surface area contributed by atoms with Crippen molar-refractivity contribution in [2.24, 2.45) is 0 Å². The van der Waals surface area contributed by atoms with Crippen LogP contribution in [0.15, 0.2) is 42.6 Å². The van der Waals surface area contributed by atoms with Gasteiger partial charge in [0.05, 0.1) is 5.56 Å². The van der Waals surface area contributed by atoms with Gasteiger partial charge in [-0.25, -0.2) is 4.98 Å². The first-order valence-electron chi connectivity index (χ1n) is 7.42. The summed E-state index contributed by atoms with van der Waals surface area (Å²) < 4.78 is 0. The average molecular weight is 333 g/mol. The molecule has 0 fully saturated rings. The molecule has 1 aromatic carbocycles. The van der Waals surface area contributed by atoms with E-state index in [-0.39, 0.29) is 5.91 Å². The van der Waals surface area contributed by atoms with Crippen molar-refractivity contribution in [3.05, 3.63) is 58.7 Å². The van der Waals surface area contributed by atoms with Crippen LogP contribution >= 0.6 is 11.6 Å². The Labute approximate surface area is 141 Å². The molecular formula is C17H21ClN4O. The highest BCUT2D eigenvalue weighted by molar-refractivity contribution is 6.31. The van der Waals surface area contributed by atoms with E-state index in [1.165, 1.54) is 0 Å². The van der Waals surface area contributed by atoms with Gasteiger partial charge in [-0.1, -0.05) is 29.8 Å². The molecule has 1 aromatic heterocycles. The number of carbonyl (C=O) groups is 1. The van der Waals surface area contributed by atoms with Crippen molar-refractivity contribution in [1.82, 2.24) is 15.2 Å². The minimum absolute atomic E-state index is 0.114. The summed E-state index contributed by atoms with van der Waals surface area (Å²) in [6.07, 6.45) is 1.57. The first-order chi connectivity index (χ1) is 11.1. The molecule has 0 bridgehead atoms. The van der Waals surface area contributed by atoms with Gasteiger partial charge >= 0.3 is 0 Å². The van der Waals surface area contributed by atoms with E-state index in [4.69, 9.17) is 11.6 Å². The summed E-state index contributed by atoms with van der Waals surface area (Å²) >= 11 is 6.11. The van der Waals surface area contributed by atoms with Gasteiger partial charge in [-0.2, -0.15) is 0 Å². The van der Waals surface area contributed by atoms with Crippen LogP contribution in [-0.2, 0) is 6.54 Å². The topological polar surface area (TPSA) is 57.3 Å². The molecule has 0 aliphatic heterocycles.